The summed E-state index contributed by atoms with van der Waals surface area (Å²) in [5, 5.41) is 4.62. The Kier molecular flexibility index (Phi) is 5.17. The number of benzene rings is 2. The molecule has 0 aliphatic carbocycles. The van der Waals surface area contributed by atoms with E-state index in [0.29, 0.717) is 15.6 Å². The van der Waals surface area contributed by atoms with Crippen LogP contribution in [-0.4, -0.2) is 12.1 Å². The number of carbonyl (C=O) groups is 1. The Bertz CT molecular complexity index is 674. The number of amides is 1. The molecule has 6 heteroatoms. The fraction of sp³-hybridized carbons (Fsp3) is 0. The maximum Gasteiger partial charge on any atom is 0.271 e. The van der Waals surface area contributed by atoms with Crippen molar-refractivity contribution in [2.75, 3.05) is 0 Å². The van der Waals surface area contributed by atoms with Gasteiger partial charge in [0.1, 0.15) is 0 Å². The highest BCUT2D eigenvalue weighted by atomic mass is 79.9. The van der Waals surface area contributed by atoms with Gasteiger partial charge in [-0.15, -0.1) is 0 Å². The Morgan fingerprint density at radius 2 is 1.95 bits per heavy atom. The zero-order valence-electron chi connectivity index (χ0n) is 10.1. The van der Waals surface area contributed by atoms with Gasteiger partial charge in [0.2, 0.25) is 0 Å². The molecule has 0 fully saturated rings. The van der Waals surface area contributed by atoms with Crippen LogP contribution in [0.1, 0.15) is 15.9 Å². The first kappa shape index (κ1) is 15.0. The molecule has 0 heterocycles. The summed E-state index contributed by atoms with van der Waals surface area (Å²) in [5.74, 6) is -0.352. The van der Waals surface area contributed by atoms with Crippen LogP contribution < -0.4 is 5.43 Å². The van der Waals surface area contributed by atoms with E-state index in [9.17, 15) is 4.79 Å². The summed E-state index contributed by atoms with van der Waals surface area (Å²) in [6.45, 7) is 0. The first-order chi connectivity index (χ1) is 9.56. The van der Waals surface area contributed by atoms with Gasteiger partial charge in [0.15, 0.2) is 0 Å². The largest absolute Gasteiger partial charge is 0.271 e. The van der Waals surface area contributed by atoms with Crippen molar-refractivity contribution in [1.29, 1.82) is 0 Å². The number of carbonyl (C=O) groups excluding carboxylic acids is 1. The highest BCUT2D eigenvalue weighted by molar-refractivity contribution is 9.10. The third-order valence-electron chi connectivity index (χ3n) is 2.41. The molecule has 0 aromatic heterocycles. The van der Waals surface area contributed by atoms with Crippen LogP contribution in [0.15, 0.2) is 52.0 Å². The van der Waals surface area contributed by atoms with Gasteiger partial charge in [0.25, 0.3) is 5.91 Å². The van der Waals surface area contributed by atoms with Crippen LogP contribution in [0.5, 0.6) is 0 Å². The average Bonchev–Trinajstić information content (AvgIpc) is 2.42. The molecule has 1 amide bonds. The first-order valence-corrected chi connectivity index (χ1v) is 7.15. The van der Waals surface area contributed by atoms with Gasteiger partial charge in [0.05, 0.1) is 16.3 Å². The molecule has 102 valence electrons. The van der Waals surface area contributed by atoms with Crippen LogP contribution in [0.4, 0.5) is 0 Å². The summed E-state index contributed by atoms with van der Waals surface area (Å²) in [5.41, 5.74) is 3.69. The van der Waals surface area contributed by atoms with Crippen molar-refractivity contribution in [3.05, 3.63) is 68.1 Å². The van der Waals surface area contributed by atoms with E-state index in [1.165, 1.54) is 6.07 Å². The Morgan fingerprint density at radius 1 is 1.15 bits per heavy atom. The summed E-state index contributed by atoms with van der Waals surface area (Å²) in [6.07, 6.45) is 1.56. The van der Waals surface area contributed by atoms with Crippen LogP contribution in [0.2, 0.25) is 10.0 Å². The minimum Gasteiger partial charge on any atom is -0.267 e. The van der Waals surface area contributed by atoms with E-state index in [1.807, 2.05) is 24.3 Å². The van der Waals surface area contributed by atoms with Gasteiger partial charge in [-0.05, 0) is 35.9 Å². The first-order valence-electron chi connectivity index (χ1n) is 5.60. The van der Waals surface area contributed by atoms with Gasteiger partial charge >= 0.3 is 0 Å². The standard InChI is InChI=1S/C14H9BrCl2N2O/c15-11-3-1-2-9(6-11)8-18-19-14(20)10-4-5-12(16)13(17)7-10/h1-8H,(H,19,20)/b18-8+. The molecule has 2 rings (SSSR count). The van der Waals surface area contributed by atoms with Crippen molar-refractivity contribution < 1.29 is 4.79 Å². The molecule has 2 aromatic rings. The number of nitrogens with one attached hydrogen (secondary N) is 1. The highest BCUT2D eigenvalue weighted by Crippen LogP contribution is 2.22. The number of halogens is 3. The summed E-state index contributed by atoms with van der Waals surface area (Å²) in [7, 11) is 0. The van der Waals surface area contributed by atoms with Crippen molar-refractivity contribution in [3.8, 4) is 0 Å². The lowest BCUT2D eigenvalue weighted by Gasteiger charge is -2.01. The Balaban J connectivity index is 2.03. The molecule has 0 bridgehead atoms. The topological polar surface area (TPSA) is 41.5 Å². The molecule has 0 atom stereocenters. The maximum atomic E-state index is 11.8. The lowest BCUT2D eigenvalue weighted by molar-refractivity contribution is 0.0955. The smallest absolute Gasteiger partial charge is 0.267 e. The fourth-order valence-electron chi connectivity index (χ4n) is 1.45. The van der Waals surface area contributed by atoms with Crippen LogP contribution in [0, 0.1) is 0 Å². The van der Waals surface area contributed by atoms with Crippen LogP contribution in [0.25, 0.3) is 0 Å². The van der Waals surface area contributed by atoms with Gasteiger partial charge in [-0.2, -0.15) is 5.10 Å². The summed E-state index contributed by atoms with van der Waals surface area (Å²) >= 11 is 15.0. The molecule has 0 aliphatic heterocycles. The zero-order valence-corrected chi connectivity index (χ0v) is 13.2. The van der Waals surface area contributed by atoms with E-state index in [0.717, 1.165) is 10.0 Å². The van der Waals surface area contributed by atoms with Crippen molar-refractivity contribution >= 4 is 51.3 Å². The molecule has 1 N–H and O–H groups in total. The molecule has 0 unspecified atom stereocenters. The van der Waals surface area contributed by atoms with Gasteiger partial charge in [-0.25, -0.2) is 5.43 Å². The van der Waals surface area contributed by atoms with E-state index >= 15 is 0 Å². The SMILES string of the molecule is O=C(N/N=C/c1cccc(Br)c1)c1ccc(Cl)c(Cl)c1. The van der Waals surface area contributed by atoms with E-state index in [-0.39, 0.29) is 5.91 Å². The molecule has 0 spiro atoms. The van der Waals surface area contributed by atoms with Gasteiger partial charge < -0.3 is 0 Å². The molecule has 20 heavy (non-hydrogen) atoms. The molecule has 2 aromatic carbocycles. The highest BCUT2D eigenvalue weighted by Gasteiger charge is 2.06. The Hall–Kier alpha value is -1.36. The summed E-state index contributed by atoms with van der Waals surface area (Å²) in [4.78, 5) is 11.8. The third-order valence-corrected chi connectivity index (χ3v) is 3.64. The fourth-order valence-corrected chi connectivity index (χ4v) is 2.17. The Morgan fingerprint density at radius 3 is 2.65 bits per heavy atom. The number of rotatable bonds is 3. The van der Waals surface area contributed by atoms with E-state index in [2.05, 4.69) is 26.5 Å². The Labute approximate surface area is 134 Å². The lowest BCUT2D eigenvalue weighted by Crippen LogP contribution is -2.17. The molecule has 0 aliphatic rings. The normalized spacial score (nSPS) is 10.8. The van der Waals surface area contributed by atoms with Gasteiger partial charge in [-0.1, -0.05) is 51.3 Å². The average molecular weight is 372 g/mol. The monoisotopic (exact) mass is 370 g/mol. The lowest BCUT2D eigenvalue weighted by atomic mass is 10.2. The van der Waals surface area contributed by atoms with Crippen molar-refractivity contribution in [2.45, 2.75) is 0 Å². The molecule has 3 nitrogen and oxygen atoms in total. The summed E-state index contributed by atoms with van der Waals surface area (Å²) < 4.78 is 0.942. The molecular formula is C14H9BrCl2N2O. The van der Waals surface area contributed by atoms with Gasteiger partial charge in [0, 0.05) is 10.0 Å². The molecular weight excluding hydrogens is 363 g/mol. The quantitative estimate of drug-likeness (QED) is 0.625. The number of hydrogen-bond donors (Lipinski definition) is 1. The van der Waals surface area contributed by atoms with Crippen molar-refractivity contribution in [3.63, 3.8) is 0 Å². The van der Waals surface area contributed by atoms with Gasteiger partial charge in [-0.3, -0.25) is 4.79 Å². The number of nitrogens with zero attached hydrogens (tertiary/aromatic N) is 1. The van der Waals surface area contributed by atoms with E-state index in [4.69, 9.17) is 23.2 Å². The minimum atomic E-state index is -0.352. The second kappa shape index (κ2) is 6.88. The number of hydrogen-bond acceptors (Lipinski definition) is 2. The molecule has 0 saturated carbocycles. The molecule has 0 radical (unpaired) electrons. The van der Waals surface area contributed by atoms with Crippen LogP contribution in [-0.2, 0) is 0 Å². The second-order valence-corrected chi connectivity index (χ2v) is 5.61. The predicted octanol–water partition coefficient (Wildman–Crippen LogP) is 4.52. The molecule has 0 saturated heterocycles. The van der Waals surface area contributed by atoms with Crippen molar-refractivity contribution in [1.82, 2.24) is 5.43 Å². The minimum absolute atomic E-state index is 0.329. The maximum absolute atomic E-state index is 11.8. The third kappa shape index (κ3) is 4.07. The summed E-state index contributed by atoms with van der Waals surface area (Å²) in [6, 6.07) is 12.2. The van der Waals surface area contributed by atoms with Crippen molar-refractivity contribution in [2.24, 2.45) is 5.10 Å². The van der Waals surface area contributed by atoms with Crippen LogP contribution >= 0.6 is 39.1 Å². The second-order valence-electron chi connectivity index (χ2n) is 3.88. The predicted molar refractivity (Wildman–Crippen MR) is 85.7 cm³/mol. The van der Waals surface area contributed by atoms with Crippen LogP contribution in [0.3, 0.4) is 0 Å². The number of hydrazone groups is 1. The van der Waals surface area contributed by atoms with E-state index < -0.39 is 0 Å². The zero-order chi connectivity index (χ0) is 14.5. The van der Waals surface area contributed by atoms with E-state index in [1.54, 1.807) is 18.3 Å².